The van der Waals surface area contributed by atoms with Gasteiger partial charge in [0.05, 0.1) is 10.6 Å². The summed E-state index contributed by atoms with van der Waals surface area (Å²) < 4.78 is 28.2. The molecule has 4 heteroatoms. The van der Waals surface area contributed by atoms with Crippen LogP contribution in [0, 0.1) is 6.92 Å². The van der Waals surface area contributed by atoms with E-state index in [0.717, 1.165) is 29.7 Å². The van der Waals surface area contributed by atoms with E-state index in [9.17, 15) is 8.42 Å². The number of nitrogens with zero attached hydrogens (tertiary/aromatic N) is 1. The number of hydrogen-bond donors (Lipinski definition) is 0. The Bertz CT molecular complexity index is 1100. The van der Waals surface area contributed by atoms with Crippen LogP contribution in [0.15, 0.2) is 65.7 Å². The van der Waals surface area contributed by atoms with Gasteiger partial charge in [0.15, 0.2) is 0 Å². The van der Waals surface area contributed by atoms with Crippen LogP contribution in [0.3, 0.4) is 0 Å². The Hall–Kier alpha value is -2.33. The predicted octanol–water partition coefficient (Wildman–Crippen LogP) is 4.87. The SMILES string of the molecule is Cc1ccc(S(=O)(=O)n2ccc3c2-c2ccccc2C32CCCC2)cc1. The van der Waals surface area contributed by atoms with Crippen molar-refractivity contribution in [3.05, 3.63) is 77.5 Å². The highest BCUT2D eigenvalue weighted by Crippen LogP contribution is 2.57. The molecule has 0 atom stereocenters. The van der Waals surface area contributed by atoms with E-state index in [2.05, 4.69) is 18.2 Å². The van der Waals surface area contributed by atoms with Crippen molar-refractivity contribution in [1.29, 1.82) is 0 Å². The summed E-state index contributed by atoms with van der Waals surface area (Å²) in [6.07, 6.45) is 6.35. The number of hydrogen-bond acceptors (Lipinski definition) is 2. The van der Waals surface area contributed by atoms with Gasteiger partial charge in [-0.1, -0.05) is 54.8 Å². The molecule has 0 unspecified atom stereocenters. The van der Waals surface area contributed by atoms with Gasteiger partial charge < -0.3 is 0 Å². The average Bonchev–Trinajstić information content (AvgIpc) is 3.35. The van der Waals surface area contributed by atoms with Crippen molar-refractivity contribution in [1.82, 2.24) is 3.97 Å². The van der Waals surface area contributed by atoms with E-state index in [-0.39, 0.29) is 5.41 Å². The Morgan fingerprint density at radius 2 is 1.58 bits per heavy atom. The first-order chi connectivity index (χ1) is 12.5. The number of benzene rings is 2. The van der Waals surface area contributed by atoms with Gasteiger partial charge >= 0.3 is 0 Å². The fraction of sp³-hybridized carbons (Fsp3) is 0.273. The van der Waals surface area contributed by atoms with Crippen LogP contribution in [0.25, 0.3) is 11.3 Å². The molecule has 1 aromatic heterocycles. The second kappa shape index (κ2) is 5.34. The Morgan fingerprint density at radius 1 is 0.885 bits per heavy atom. The van der Waals surface area contributed by atoms with Crippen LogP contribution in [0.1, 0.15) is 42.4 Å². The lowest BCUT2D eigenvalue weighted by Crippen LogP contribution is -2.19. The molecule has 0 saturated heterocycles. The molecule has 0 aliphatic heterocycles. The fourth-order valence-electron chi connectivity index (χ4n) is 4.86. The molecule has 0 amide bonds. The Kier molecular flexibility index (Phi) is 3.26. The molecule has 1 saturated carbocycles. The molecule has 2 aliphatic carbocycles. The number of fused-ring (bicyclic) bond motifs is 5. The van der Waals surface area contributed by atoms with Crippen molar-refractivity contribution in [2.75, 3.05) is 0 Å². The topological polar surface area (TPSA) is 39.1 Å². The van der Waals surface area contributed by atoms with Crippen LogP contribution >= 0.6 is 0 Å². The molecular weight excluding hydrogens is 342 g/mol. The smallest absolute Gasteiger partial charge is 0.241 e. The van der Waals surface area contributed by atoms with Crippen LogP contribution in [-0.4, -0.2) is 12.4 Å². The molecule has 3 nitrogen and oxygen atoms in total. The minimum absolute atomic E-state index is 0.0000271. The largest absolute Gasteiger partial charge is 0.268 e. The summed E-state index contributed by atoms with van der Waals surface area (Å²) in [7, 11) is -3.61. The molecule has 0 N–H and O–H groups in total. The molecule has 2 aliphatic rings. The average molecular weight is 363 g/mol. The van der Waals surface area contributed by atoms with Crippen molar-refractivity contribution in [3.63, 3.8) is 0 Å². The highest BCUT2D eigenvalue weighted by Gasteiger charge is 2.47. The van der Waals surface area contributed by atoms with Gasteiger partial charge in [-0.15, -0.1) is 0 Å². The van der Waals surface area contributed by atoms with Gasteiger partial charge in [0.2, 0.25) is 0 Å². The third-order valence-electron chi connectivity index (χ3n) is 6.10. The van der Waals surface area contributed by atoms with Gasteiger partial charge in [0.1, 0.15) is 0 Å². The summed E-state index contributed by atoms with van der Waals surface area (Å²) in [5, 5.41) is 0. The van der Waals surface area contributed by atoms with Gasteiger partial charge in [-0.3, -0.25) is 0 Å². The zero-order valence-electron chi connectivity index (χ0n) is 14.8. The number of rotatable bonds is 2. The van der Waals surface area contributed by atoms with Crippen LogP contribution < -0.4 is 0 Å². The van der Waals surface area contributed by atoms with Crippen molar-refractivity contribution in [2.24, 2.45) is 0 Å². The molecule has 1 fully saturated rings. The van der Waals surface area contributed by atoms with Gasteiger partial charge in [0.25, 0.3) is 10.0 Å². The standard InChI is InChI=1S/C22H21NO2S/c1-16-8-10-17(11-9-16)26(24,25)23-15-12-20-21(23)18-6-2-3-7-19(18)22(20)13-4-5-14-22/h2-3,6-12,15H,4-5,13-14H2,1H3. The predicted molar refractivity (Wildman–Crippen MR) is 103 cm³/mol. The lowest BCUT2D eigenvalue weighted by Gasteiger charge is -2.25. The van der Waals surface area contributed by atoms with Gasteiger partial charge in [-0.05, 0) is 49.1 Å². The summed E-state index contributed by atoms with van der Waals surface area (Å²) in [6.45, 7) is 1.96. The third-order valence-corrected chi connectivity index (χ3v) is 7.79. The normalized spacial score (nSPS) is 17.4. The van der Waals surface area contributed by atoms with E-state index in [1.165, 1.54) is 27.9 Å². The summed E-state index contributed by atoms with van der Waals surface area (Å²) in [6, 6.07) is 17.5. The fourth-order valence-corrected chi connectivity index (χ4v) is 6.22. The first-order valence-corrected chi connectivity index (χ1v) is 10.6. The minimum Gasteiger partial charge on any atom is -0.241 e. The highest BCUT2D eigenvalue weighted by atomic mass is 32.2. The number of aryl methyl sites for hydroxylation is 1. The second-order valence-electron chi connectivity index (χ2n) is 7.53. The van der Waals surface area contributed by atoms with Gasteiger partial charge in [-0.2, -0.15) is 0 Å². The zero-order valence-corrected chi connectivity index (χ0v) is 15.6. The molecule has 0 bridgehead atoms. The molecule has 5 rings (SSSR count). The first-order valence-electron chi connectivity index (χ1n) is 9.18. The molecule has 1 heterocycles. The lowest BCUT2D eigenvalue weighted by atomic mass is 9.77. The zero-order chi connectivity index (χ0) is 17.9. The van der Waals surface area contributed by atoms with E-state index in [1.54, 1.807) is 18.3 Å². The highest BCUT2D eigenvalue weighted by molar-refractivity contribution is 7.90. The first kappa shape index (κ1) is 15.9. The molecular formula is C22H21NO2S. The maximum Gasteiger partial charge on any atom is 0.268 e. The molecule has 132 valence electrons. The molecule has 26 heavy (non-hydrogen) atoms. The van der Waals surface area contributed by atoms with E-state index in [4.69, 9.17) is 0 Å². The van der Waals surface area contributed by atoms with Crippen LogP contribution in [0.4, 0.5) is 0 Å². The van der Waals surface area contributed by atoms with Crippen molar-refractivity contribution >= 4 is 10.0 Å². The monoisotopic (exact) mass is 363 g/mol. The Balaban J connectivity index is 1.76. The molecule has 3 aromatic rings. The summed E-state index contributed by atoms with van der Waals surface area (Å²) in [5.74, 6) is 0. The van der Waals surface area contributed by atoms with Crippen LogP contribution in [0.5, 0.6) is 0 Å². The van der Waals surface area contributed by atoms with E-state index in [0.29, 0.717) is 4.90 Å². The van der Waals surface area contributed by atoms with E-state index in [1.807, 2.05) is 31.2 Å². The molecule has 2 aromatic carbocycles. The van der Waals surface area contributed by atoms with E-state index >= 15 is 0 Å². The number of aromatic nitrogens is 1. The maximum absolute atomic E-state index is 13.3. The Labute approximate surface area is 154 Å². The summed E-state index contributed by atoms with van der Waals surface area (Å²) in [5.41, 5.74) is 5.48. The van der Waals surface area contributed by atoms with Gasteiger partial charge in [-0.25, -0.2) is 12.4 Å². The van der Waals surface area contributed by atoms with Crippen molar-refractivity contribution in [3.8, 4) is 11.3 Å². The molecule has 0 radical (unpaired) electrons. The van der Waals surface area contributed by atoms with Crippen molar-refractivity contribution < 1.29 is 8.42 Å². The maximum atomic E-state index is 13.3. The second-order valence-corrected chi connectivity index (χ2v) is 9.34. The lowest BCUT2D eigenvalue weighted by molar-refractivity contribution is 0.550. The van der Waals surface area contributed by atoms with E-state index < -0.39 is 10.0 Å². The minimum atomic E-state index is -3.61. The summed E-state index contributed by atoms with van der Waals surface area (Å²) >= 11 is 0. The van der Waals surface area contributed by atoms with Crippen LogP contribution in [0.2, 0.25) is 0 Å². The summed E-state index contributed by atoms with van der Waals surface area (Å²) in [4.78, 5) is 0.339. The quantitative estimate of drug-likeness (QED) is 0.651. The van der Waals surface area contributed by atoms with Gasteiger partial charge in [0, 0.05) is 17.2 Å². The van der Waals surface area contributed by atoms with Crippen LogP contribution in [-0.2, 0) is 15.4 Å². The third kappa shape index (κ3) is 1.96. The molecule has 1 spiro atoms. The Morgan fingerprint density at radius 3 is 2.31 bits per heavy atom. The van der Waals surface area contributed by atoms with Crippen molar-refractivity contribution in [2.45, 2.75) is 42.9 Å².